The average molecular weight is 520 g/mol. The molecular formula is C30H41N5O3. The van der Waals surface area contributed by atoms with Crippen molar-refractivity contribution >= 4 is 23.2 Å². The van der Waals surface area contributed by atoms with E-state index < -0.39 is 11.9 Å². The van der Waals surface area contributed by atoms with Crippen LogP contribution in [0.1, 0.15) is 73.8 Å². The minimum Gasteiger partial charge on any atom is -0.465 e. The average Bonchev–Trinajstić information content (AvgIpc) is 3.55. The molecule has 4 rings (SSSR count). The van der Waals surface area contributed by atoms with Crippen LogP contribution in [0, 0.1) is 25.7 Å². The molecule has 0 amide bonds. The first-order valence-corrected chi connectivity index (χ1v) is 13.9. The van der Waals surface area contributed by atoms with Crippen LogP contribution in [0.2, 0.25) is 0 Å². The van der Waals surface area contributed by atoms with Crippen molar-refractivity contribution in [2.45, 2.75) is 78.6 Å². The molecule has 1 saturated carbocycles. The Balaban J connectivity index is 1.45. The third-order valence-corrected chi connectivity index (χ3v) is 7.64. The van der Waals surface area contributed by atoms with Gasteiger partial charge in [0, 0.05) is 50.4 Å². The molecule has 1 aromatic carbocycles. The van der Waals surface area contributed by atoms with Crippen LogP contribution in [0.3, 0.4) is 0 Å². The maximum Gasteiger partial charge on any atom is 0.316 e. The summed E-state index contributed by atoms with van der Waals surface area (Å²) in [5.41, 5.74) is 5.33. The number of nitrogens with zero attached hydrogens (tertiary/aromatic N) is 5. The van der Waals surface area contributed by atoms with Crippen molar-refractivity contribution in [3.8, 4) is 0 Å². The molecule has 2 aromatic heterocycles. The zero-order chi connectivity index (χ0) is 27.2. The van der Waals surface area contributed by atoms with Crippen LogP contribution in [0.25, 0.3) is 5.78 Å². The fourth-order valence-electron chi connectivity index (χ4n) is 5.51. The number of Topliss-reactive ketones (excluding diaryl/α,β-unsaturated/α-hetero) is 1. The maximum absolute atomic E-state index is 13.3. The molecule has 0 saturated heterocycles. The van der Waals surface area contributed by atoms with Crippen LogP contribution in [0.4, 0.5) is 5.69 Å². The Morgan fingerprint density at radius 1 is 1.13 bits per heavy atom. The van der Waals surface area contributed by atoms with Gasteiger partial charge in [0.1, 0.15) is 11.7 Å². The van der Waals surface area contributed by atoms with Crippen LogP contribution >= 0.6 is 0 Å². The summed E-state index contributed by atoms with van der Waals surface area (Å²) in [7, 11) is 4.08. The summed E-state index contributed by atoms with van der Waals surface area (Å²) in [5.74, 6) is 0.0336. The zero-order valence-corrected chi connectivity index (χ0v) is 23.5. The summed E-state index contributed by atoms with van der Waals surface area (Å²) in [6.07, 6.45) is 7.69. The van der Waals surface area contributed by atoms with Crippen molar-refractivity contribution in [3.05, 3.63) is 52.6 Å². The van der Waals surface area contributed by atoms with Gasteiger partial charge in [-0.05, 0) is 55.9 Å². The Morgan fingerprint density at radius 3 is 2.61 bits per heavy atom. The van der Waals surface area contributed by atoms with Crippen LogP contribution in [-0.4, -0.2) is 52.0 Å². The monoisotopic (exact) mass is 519 g/mol. The van der Waals surface area contributed by atoms with Crippen LogP contribution in [-0.2, 0) is 33.6 Å². The van der Waals surface area contributed by atoms with Crippen molar-refractivity contribution in [2.24, 2.45) is 11.8 Å². The molecule has 2 heterocycles. The molecule has 1 atom stereocenters. The Bertz CT molecular complexity index is 1280. The molecule has 1 aliphatic rings. The quantitative estimate of drug-likeness (QED) is 0.249. The van der Waals surface area contributed by atoms with E-state index in [4.69, 9.17) is 4.74 Å². The van der Waals surface area contributed by atoms with Gasteiger partial charge in [0.2, 0.25) is 0 Å². The molecule has 1 aliphatic carbocycles. The number of benzene rings is 1. The van der Waals surface area contributed by atoms with E-state index in [1.807, 2.05) is 34.0 Å². The van der Waals surface area contributed by atoms with Gasteiger partial charge in [-0.2, -0.15) is 4.98 Å². The van der Waals surface area contributed by atoms with Crippen molar-refractivity contribution in [1.82, 2.24) is 19.6 Å². The third-order valence-electron chi connectivity index (χ3n) is 7.64. The highest BCUT2D eigenvalue weighted by atomic mass is 16.5. The van der Waals surface area contributed by atoms with E-state index >= 15 is 0 Å². The summed E-state index contributed by atoms with van der Waals surface area (Å²) in [6.45, 7) is 6.22. The van der Waals surface area contributed by atoms with Crippen molar-refractivity contribution < 1.29 is 14.3 Å². The van der Waals surface area contributed by atoms with Crippen molar-refractivity contribution in [1.29, 1.82) is 0 Å². The number of hydrogen-bond acceptors (Lipinski definition) is 7. The predicted octanol–water partition coefficient (Wildman–Crippen LogP) is 4.85. The number of aromatic nitrogens is 4. The van der Waals surface area contributed by atoms with E-state index in [0.717, 1.165) is 29.8 Å². The number of aryl methyl sites for hydroxylation is 3. The number of anilines is 1. The molecule has 0 bridgehead atoms. The first-order valence-electron chi connectivity index (χ1n) is 13.9. The van der Waals surface area contributed by atoms with Gasteiger partial charge in [0.25, 0.3) is 5.78 Å². The second-order valence-electron chi connectivity index (χ2n) is 10.8. The van der Waals surface area contributed by atoms with Gasteiger partial charge >= 0.3 is 5.97 Å². The van der Waals surface area contributed by atoms with Crippen molar-refractivity contribution in [2.75, 3.05) is 25.6 Å². The maximum atomic E-state index is 13.3. The Labute approximate surface area is 225 Å². The van der Waals surface area contributed by atoms with E-state index in [9.17, 15) is 9.59 Å². The largest absolute Gasteiger partial charge is 0.465 e. The topological polar surface area (TPSA) is 89.7 Å². The van der Waals surface area contributed by atoms with Gasteiger partial charge in [0.05, 0.1) is 6.61 Å². The molecule has 1 unspecified atom stereocenters. The van der Waals surface area contributed by atoms with Gasteiger partial charge in [0.15, 0.2) is 5.82 Å². The minimum atomic E-state index is -0.905. The van der Waals surface area contributed by atoms with E-state index in [-0.39, 0.29) is 18.8 Å². The van der Waals surface area contributed by atoms with Gasteiger partial charge in [-0.15, -0.1) is 5.10 Å². The number of ketones is 1. The Kier molecular flexibility index (Phi) is 9.13. The lowest BCUT2D eigenvalue weighted by Crippen LogP contribution is -2.29. The van der Waals surface area contributed by atoms with Crippen molar-refractivity contribution in [3.63, 3.8) is 0 Å². The predicted molar refractivity (Wildman–Crippen MR) is 148 cm³/mol. The van der Waals surface area contributed by atoms with E-state index in [2.05, 4.69) is 45.1 Å². The second-order valence-corrected chi connectivity index (χ2v) is 10.8. The normalized spacial score (nSPS) is 14.7. The zero-order valence-electron chi connectivity index (χ0n) is 23.5. The third kappa shape index (κ3) is 6.77. The molecule has 204 valence electrons. The van der Waals surface area contributed by atoms with E-state index in [1.165, 1.54) is 36.9 Å². The molecular weight excluding hydrogens is 478 g/mol. The number of esters is 1. The van der Waals surface area contributed by atoms with Gasteiger partial charge in [-0.25, -0.2) is 9.50 Å². The molecule has 8 heteroatoms. The molecule has 0 radical (unpaired) electrons. The number of carbonyl (C=O) groups is 2. The van der Waals surface area contributed by atoms with Gasteiger partial charge in [-0.3, -0.25) is 9.59 Å². The molecule has 1 fully saturated rings. The second kappa shape index (κ2) is 12.5. The summed E-state index contributed by atoms with van der Waals surface area (Å²) in [4.78, 5) is 37.6. The summed E-state index contributed by atoms with van der Waals surface area (Å²) in [5, 5.41) is 4.54. The van der Waals surface area contributed by atoms with Crippen LogP contribution < -0.4 is 4.90 Å². The molecule has 8 nitrogen and oxygen atoms in total. The Morgan fingerprint density at radius 2 is 1.89 bits per heavy atom. The summed E-state index contributed by atoms with van der Waals surface area (Å²) < 4.78 is 7.36. The highest BCUT2D eigenvalue weighted by Gasteiger charge is 2.31. The van der Waals surface area contributed by atoms with Gasteiger partial charge in [-0.1, -0.05) is 44.7 Å². The lowest BCUT2D eigenvalue weighted by atomic mass is 9.92. The SMILES string of the molecule is CCc1cc(CCOC(=O)C(Cc2nc3nc(C)cc(C)n3n2)C(=O)CCC2CCCC2)ccc1N(C)C. The number of fused-ring (bicyclic) bond motifs is 1. The van der Waals surface area contributed by atoms with E-state index in [1.54, 1.807) is 4.52 Å². The molecule has 0 aliphatic heterocycles. The van der Waals surface area contributed by atoms with Crippen LogP contribution in [0.5, 0.6) is 0 Å². The Hall–Kier alpha value is -3.29. The molecule has 38 heavy (non-hydrogen) atoms. The number of rotatable bonds is 12. The number of carbonyl (C=O) groups excluding carboxylic acids is 2. The minimum absolute atomic E-state index is 0.0785. The first kappa shape index (κ1) is 27.7. The number of hydrogen-bond donors (Lipinski definition) is 0. The fraction of sp³-hybridized carbons (Fsp3) is 0.567. The highest BCUT2D eigenvalue weighted by molar-refractivity contribution is 5.99. The summed E-state index contributed by atoms with van der Waals surface area (Å²) >= 11 is 0. The fourth-order valence-corrected chi connectivity index (χ4v) is 5.51. The number of ether oxygens (including phenoxy) is 1. The lowest BCUT2D eigenvalue weighted by molar-refractivity contribution is -0.152. The van der Waals surface area contributed by atoms with Crippen LogP contribution in [0.15, 0.2) is 24.3 Å². The lowest BCUT2D eigenvalue weighted by Gasteiger charge is -2.18. The smallest absolute Gasteiger partial charge is 0.316 e. The highest BCUT2D eigenvalue weighted by Crippen LogP contribution is 2.29. The molecule has 3 aromatic rings. The van der Waals surface area contributed by atoms with E-state index in [0.29, 0.717) is 30.4 Å². The summed E-state index contributed by atoms with van der Waals surface area (Å²) in [6, 6.07) is 8.28. The first-order chi connectivity index (χ1) is 18.2. The standard InChI is InChI=1S/C30H41N5O3/c1-6-24-18-23(11-13-26(24)34(4)5)15-16-38-29(37)25(27(36)14-12-22-9-7-8-10-22)19-28-32-30-31-20(2)17-21(3)35(30)33-28/h11,13,17-18,22,25H,6-10,12,14-16,19H2,1-5H3. The molecule has 0 spiro atoms. The molecule has 0 N–H and O–H groups in total. The van der Waals surface area contributed by atoms with Gasteiger partial charge < -0.3 is 9.64 Å².